The zero-order valence-corrected chi connectivity index (χ0v) is 10.3. The van der Waals surface area contributed by atoms with Crippen molar-refractivity contribution >= 4 is 0 Å². The van der Waals surface area contributed by atoms with Gasteiger partial charge in [0.2, 0.25) is 0 Å². The van der Waals surface area contributed by atoms with Gasteiger partial charge in [0.05, 0.1) is 0 Å². The van der Waals surface area contributed by atoms with Crippen molar-refractivity contribution in [2.45, 2.75) is 43.7 Å². The Bertz CT molecular complexity index is 376. The molecule has 0 amide bonds. The largest absolute Gasteiger partial charge is 0.384 e. The smallest absolute Gasteiger partial charge is 0.105 e. The molecule has 1 aromatic carbocycles. The minimum absolute atomic E-state index is 0.340. The van der Waals surface area contributed by atoms with E-state index in [2.05, 4.69) is 17.0 Å². The molecule has 1 aromatic rings. The summed E-state index contributed by atoms with van der Waals surface area (Å²) in [4.78, 5) is 2.50. The number of fused-ring (bicyclic) bond motifs is 1. The van der Waals surface area contributed by atoms with Crippen molar-refractivity contribution in [2.75, 3.05) is 13.1 Å². The van der Waals surface area contributed by atoms with Crippen LogP contribution in [-0.4, -0.2) is 29.1 Å². The van der Waals surface area contributed by atoms with Gasteiger partial charge >= 0.3 is 0 Å². The first-order valence-corrected chi connectivity index (χ1v) is 6.83. The maximum absolute atomic E-state index is 11.1. The fourth-order valence-electron chi connectivity index (χ4n) is 3.58. The molecule has 1 N–H and O–H groups in total. The molecule has 2 aliphatic heterocycles. The predicted octanol–water partition coefficient (Wildman–Crippen LogP) is 2.52. The molecule has 2 fully saturated rings. The fourth-order valence-corrected chi connectivity index (χ4v) is 3.58. The van der Waals surface area contributed by atoms with Gasteiger partial charge in [0.15, 0.2) is 0 Å². The van der Waals surface area contributed by atoms with Gasteiger partial charge < -0.3 is 5.11 Å². The Kier molecular flexibility index (Phi) is 2.93. The Morgan fingerprint density at radius 2 is 1.82 bits per heavy atom. The van der Waals surface area contributed by atoms with Crippen molar-refractivity contribution < 1.29 is 5.11 Å². The van der Waals surface area contributed by atoms with E-state index in [1.54, 1.807) is 0 Å². The van der Waals surface area contributed by atoms with Gasteiger partial charge in [-0.2, -0.15) is 0 Å². The summed E-state index contributed by atoms with van der Waals surface area (Å²) in [5, 5.41) is 11.1. The highest BCUT2D eigenvalue weighted by Gasteiger charge is 2.44. The minimum Gasteiger partial charge on any atom is -0.384 e. The third-order valence-electron chi connectivity index (χ3n) is 4.44. The monoisotopic (exact) mass is 231 g/mol. The molecule has 0 aromatic heterocycles. The molecule has 0 spiro atoms. The molecule has 17 heavy (non-hydrogen) atoms. The molecule has 2 saturated heterocycles. The SMILES string of the molecule is O[C@]1(c2ccccc2)CCCN2CCCC[C@@H]21. The predicted molar refractivity (Wildman–Crippen MR) is 68.8 cm³/mol. The number of hydrogen-bond acceptors (Lipinski definition) is 2. The Morgan fingerprint density at radius 3 is 2.65 bits per heavy atom. The van der Waals surface area contributed by atoms with E-state index < -0.39 is 5.60 Å². The maximum atomic E-state index is 11.1. The summed E-state index contributed by atoms with van der Waals surface area (Å²) in [5.74, 6) is 0. The van der Waals surface area contributed by atoms with E-state index in [1.165, 1.54) is 25.9 Å². The lowest BCUT2D eigenvalue weighted by molar-refractivity contribution is -0.0995. The van der Waals surface area contributed by atoms with Crippen molar-refractivity contribution in [3.63, 3.8) is 0 Å². The number of aliphatic hydroxyl groups is 1. The molecule has 0 radical (unpaired) electrons. The van der Waals surface area contributed by atoms with Gasteiger partial charge in [-0.1, -0.05) is 36.8 Å². The second kappa shape index (κ2) is 4.43. The van der Waals surface area contributed by atoms with Crippen LogP contribution in [0.25, 0.3) is 0 Å². The molecule has 0 aliphatic carbocycles. The lowest BCUT2D eigenvalue weighted by atomic mass is 9.75. The first kappa shape index (κ1) is 11.2. The van der Waals surface area contributed by atoms with Crippen LogP contribution in [0.5, 0.6) is 0 Å². The highest BCUT2D eigenvalue weighted by molar-refractivity contribution is 5.25. The van der Waals surface area contributed by atoms with Gasteiger partial charge in [0.1, 0.15) is 5.60 Å². The van der Waals surface area contributed by atoms with E-state index in [0.717, 1.165) is 24.8 Å². The van der Waals surface area contributed by atoms with Gasteiger partial charge in [-0.3, -0.25) is 4.90 Å². The van der Waals surface area contributed by atoms with Crippen LogP contribution in [0.1, 0.15) is 37.7 Å². The molecular formula is C15H21NO. The third kappa shape index (κ3) is 1.90. The second-order valence-corrected chi connectivity index (χ2v) is 5.44. The van der Waals surface area contributed by atoms with E-state index >= 15 is 0 Å². The standard InChI is InChI=1S/C15H21NO/c17-15(13-7-2-1-3-8-13)10-6-12-16-11-5-4-9-14(15)16/h1-3,7-8,14,17H,4-6,9-12H2/t14-,15+/m1/s1. The second-order valence-electron chi connectivity index (χ2n) is 5.44. The average molecular weight is 231 g/mol. The molecule has 2 nitrogen and oxygen atoms in total. The zero-order chi connectivity index (χ0) is 11.7. The van der Waals surface area contributed by atoms with Crippen molar-refractivity contribution in [2.24, 2.45) is 0 Å². The van der Waals surface area contributed by atoms with Crippen LogP contribution in [0.15, 0.2) is 30.3 Å². The summed E-state index contributed by atoms with van der Waals surface area (Å²) in [6, 6.07) is 10.6. The van der Waals surface area contributed by atoms with Crippen LogP contribution >= 0.6 is 0 Å². The molecular weight excluding hydrogens is 210 g/mol. The number of rotatable bonds is 1. The summed E-state index contributed by atoms with van der Waals surface area (Å²) >= 11 is 0. The molecule has 92 valence electrons. The van der Waals surface area contributed by atoms with Crippen LogP contribution < -0.4 is 0 Å². The first-order valence-electron chi connectivity index (χ1n) is 6.83. The van der Waals surface area contributed by atoms with Crippen LogP contribution in [0.4, 0.5) is 0 Å². The van der Waals surface area contributed by atoms with Crippen molar-refractivity contribution in [3.05, 3.63) is 35.9 Å². The van der Waals surface area contributed by atoms with E-state index in [0.29, 0.717) is 6.04 Å². The van der Waals surface area contributed by atoms with Crippen LogP contribution in [-0.2, 0) is 5.60 Å². The fraction of sp³-hybridized carbons (Fsp3) is 0.600. The molecule has 2 heterocycles. The molecule has 2 atom stereocenters. The minimum atomic E-state index is -0.611. The van der Waals surface area contributed by atoms with Gasteiger partial charge in [-0.05, 0) is 44.3 Å². The Balaban J connectivity index is 1.94. The normalized spacial score (nSPS) is 34.3. The summed E-state index contributed by atoms with van der Waals surface area (Å²) in [6.07, 6.45) is 5.73. The maximum Gasteiger partial charge on any atom is 0.105 e. The summed E-state index contributed by atoms with van der Waals surface area (Å²) in [6.45, 7) is 2.33. The van der Waals surface area contributed by atoms with Gasteiger partial charge in [0.25, 0.3) is 0 Å². The number of piperidine rings is 2. The average Bonchev–Trinajstić information content (AvgIpc) is 2.40. The Labute approximate surface area is 103 Å². The summed E-state index contributed by atoms with van der Waals surface area (Å²) in [5.41, 5.74) is 0.497. The topological polar surface area (TPSA) is 23.5 Å². The summed E-state index contributed by atoms with van der Waals surface area (Å²) < 4.78 is 0. The Hall–Kier alpha value is -0.860. The number of benzene rings is 1. The van der Waals surface area contributed by atoms with Crippen LogP contribution in [0, 0.1) is 0 Å². The molecule has 0 bridgehead atoms. The van der Waals surface area contributed by atoms with Gasteiger partial charge in [0, 0.05) is 6.04 Å². The van der Waals surface area contributed by atoms with Crippen LogP contribution in [0.2, 0.25) is 0 Å². The molecule has 0 saturated carbocycles. The van der Waals surface area contributed by atoms with Crippen molar-refractivity contribution in [1.82, 2.24) is 4.90 Å². The highest BCUT2D eigenvalue weighted by atomic mass is 16.3. The van der Waals surface area contributed by atoms with E-state index in [-0.39, 0.29) is 0 Å². The molecule has 3 rings (SSSR count). The van der Waals surface area contributed by atoms with E-state index in [9.17, 15) is 5.11 Å². The van der Waals surface area contributed by atoms with E-state index in [1.807, 2.05) is 18.2 Å². The first-order chi connectivity index (χ1) is 8.31. The quantitative estimate of drug-likeness (QED) is 0.803. The molecule has 0 unspecified atom stereocenters. The van der Waals surface area contributed by atoms with Crippen molar-refractivity contribution in [1.29, 1.82) is 0 Å². The van der Waals surface area contributed by atoms with Crippen LogP contribution in [0.3, 0.4) is 0 Å². The molecule has 2 heteroatoms. The summed E-state index contributed by atoms with van der Waals surface area (Å²) in [7, 11) is 0. The third-order valence-corrected chi connectivity index (χ3v) is 4.44. The lowest BCUT2D eigenvalue weighted by Gasteiger charge is -2.49. The van der Waals surface area contributed by atoms with Crippen molar-refractivity contribution in [3.8, 4) is 0 Å². The zero-order valence-electron chi connectivity index (χ0n) is 10.3. The highest BCUT2D eigenvalue weighted by Crippen LogP contribution is 2.40. The van der Waals surface area contributed by atoms with Gasteiger partial charge in [-0.15, -0.1) is 0 Å². The number of nitrogens with zero attached hydrogens (tertiary/aromatic N) is 1. The van der Waals surface area contributed by atoms with Gasteiger partial charge in [-0.25, -0.2) is 0 Å². The lowest BCUT2D eigenvalue weighted by Crippen LogP contribution is -2.56. The molecule has 2 aliphatic rings. The van der Waals surface area contributed by atoms with E-state index in [4.69, 9.17) is 0 Å². The Morgan fingerprint density at radius 1 is 1.06 bits per heavy atom. The number of hydrogen-bond donors (Lipinski definition) is 1.